The number of rotatable bonds is 3. The normalized spacial score (nSPS) is 10.8. The van der Waals surface area contributed by atoms with Crippen molar-refractivity contribution in [3.8, 4) is 22.4 Å². The summed E-state index contributed by atoms with van der Waals surface area (Å²) in [5.74, 6) is -0.413. The molecule has 0 aliphatic carbocycles. The molecule has 0 spiro atoms. The number of amides is 1. The Labute approximate surface area is 139 Å². The summed E-state index contributed by atoms with van der Waals surface area (Å²) in [6, 6.07) is 26.1. The molecule has 0 radical (unpaired) electrons. The van der Waals surface area contributed by atoms with Gasteiger partial charge in [0.25, 0.3) is 0 Å². The molecule has 1 heterocycles. The Bertz CT molecular complexity index is 1030. The van der Waals surface area contributed by atoms with Gasteiger partial charge >= 0.3 is 0 Å². The predicted molar refractivity (Wildman–Crippen MR) is 97.7 cm³/mol. The smallest absolute Gasteiger partial charge is 0.249 e. The van der Waals surface area contributed by atoms with Crippen LogP contribution in [-0.2, 0) is 0 Å². The van der Waals surface area contributed by atoms with Crippen molar-refractivity contribution in [2.24, 2.45) is 5.73 Å². The molecular formula is C21H16N2O. The zero-order valence-corrected chi connectivity index (χ0v) is 13.0. The van der Waals surface area contributed by atoms with Gasteiger partial charge in [-0.1, -0.05) is 54.6 Å². The van der Waals surface area contributed by atoms with Gasteiger partial charge in [0.05, 0.1) is 0 Å². The number of aromatic amines is 1. The van der Waals surface area contributed by atoms with Gasteiger partial charge in [-0.3, -0.25) is 4.79 Å². The molecule has 0 unspecified atom stereocenters. The summed E-state index contributed by atoms with van der Waals surface area (Å²) in [4.78, 5) is 15.0. The lowest BCUT2D eigenvalue weighted by atomic mass is 10.0. The van der Waals surface area contributed by atoms with Crippen LogP contribution in [0.2, 0.25) is 0 Å². The van der Waals surface area contributed by atoms with Crippen LogP contribution in [0.4, 0.5) is 0 Å². The van der Waals surface area contributed by atoms with Crippen molar-refractivity contribution in [3.05, 3.63) is 84.4 Å². The summed E-state index contributed by atoms with van der Waals surface area (Å²) < 4.78 is 0. The average Bonchev–Trinajstić information content (AvgIpc) is 3.06. The van der Waals surface area contributed by atoms with Crippen LogP contribution in [0.5, 0.6) is 0 Å². The maximum Gasteiger partial charge on any atom is 0.249 e. The number of carbonyl (C=O) groups is 1. The van der Waals surface area contributed by atoms with Crippen molar-refractivity contribution in [2.75, 3.05) is 0 Å². The first-order valence-corrected chi connectivity index (χ1v) is 7.80. The van der Waals surface area contributed by atoms with E-state index in [1.165, 1.54) is 5.56 Å². The highest BCUT2D eigenvalue weighted by Crippen LogP contribution is 2.29. The molecular weight excluding hydrogens is 296 g/mol. The molecule has 0 fully saturated rings. The zero-order valence-electron chi connectivity index (χ0n) is 13.0. The largest absolute Gasteiger partial charge is 0.366 e. The highest BCUT2D eigenvalue weighted by molar-refractivity contribution is 6.06. The molecule has 0 bridgehead atoms. The minimum atomic E-state index is -0.413. The molecule has 116 valence electrons. The molecule has 1 amide bonds. The van der Waals surface area contributed by atoms with Crippen LogP contribution in [0.1, 0.15) is 10.4 Å². The van der Waals surface area contributed by atoms with Crippen molar-refractivity contribution < 1.29 is 4.79 Å². The monoisotopic (exact) mass is 312 g/mol. The minimum absolute atomic E-state index is 0.413. The van der Waals surface area contributed by atoms with Crippen LogP contribution in [0.15, 0.2) is 78.9 Å². The highest BCUT2D eigenvalue weighted by atomic mass is 16.1. The van der Waals surface area contributed by atoms with E-state index in [0.29, 0.717) is 5.56 Å². The van der Waals surface area contributed by atoms with Gasteiger partial charge in [-0.15, -0.1) is 0 Å². The Morgan fingerprint density at radius 3 is 2.25 bits per heavy atom. The third-order valence-electron chi connectivity index (χ3n) is 4.21. The van der Waals surface area contributed by atoms with E-state index in [1.807, 2.05) is 42.5 Å². The Kier molecular flexibility index (Phi) is 3.39. The molecule has 24 heavy (non-hydrogen) atoms. The van der Waals surface area contributed by atoms with Gasteiger partial charge in [0.2, 0.25) is 5.91 Å². The van der Waals surface area contributed by atoms with Crippen molar-refractivity contribution in [2.45, 2.75) is 0 Å². The van der Waals surface area contributed by atoms with E-state index in [9.17, 15) is 4.79 Å². The maximum absolute atomic E-state index is 11.6. The van der Waals surface area contributed by atoms with E-state index in [-0.39, 0.29) is 0 Å². The zero-order chi connectivity index (χ0) is 16.5. The first-order valence-electron chi connectivity index (χ1n) is 7.80. The standard InChI is InChI=1S/C21H16N2O/c22-21(24)17-10-5-11-19-18(17)13-20(23-19)16-9-4-8-15(12-16)14-6-2-1-3-7-14/h1-13,23H,(H2,22,24). The highest BCUT2D eigenvalue weighted by Gasteiger charge is 2.10. The summed E-state index contributed by atoms with van der Waals surface area (Å²) in [7, 11) is 0. The summed E-state index contributed by atoms with van der Waals surface area (Å²) in [6.07, 6.45) is 0. The van der Waals surface area contributed by atoms with E-state index in [1.54, 1.807) is 6.07 Å². The second kappa shape index (κ2) is 5.70. The topological polar surface area (TPSA) is 58.9 Å². The van der Waals surface area contributed by atoms with Gasteiger partial charge < -0.3 is 10.7 Å². The van der Waals surface area contributed by atoms with Crippen molar-refractivity contribution in [1.82, 2.24) is 4.98 Å². The number of primary amides is 1. The fraction of sp³-hybridized carbons (Fsp3) is 0. The number of nitrogens with one attached hydrogen (secondary N) is 1. The van der Waals surface area contributed by atoms with E-state index in [2.05, 4.69) is 35.3 Å². The maximum atomic E-state index is 11.6. The lowest BCUT2D eigenvalue weighted by Crippen LogP contribution is -2.10. The van der Waals surface area contributed by atoms with Gasteiger partial charge in [0.15, 0.2) is 0 Å². The quantitative estimate of drug-likeness (QED) is 0.570. The summed E-state index contributed by atoms with van der Waals surface area (Å²) in [5.41, 5.74) is 11.3. The van der Waals surface area contributed by atoms with Gasteiger partial charge in [0.1, 0.15) is 0 Å². The molecule has 3 N–H and O–H groups in total. The van der Waals surface area contributed by atoms with Gasteiger partial charge in [-0.2, -0.15) is 0 Å². The van der Waals surface area contributed by atoms with E-state index < -0.39 is 5.91 Å². The van der Waals surface area contributed by atoms with Gasteiger partial charge in [-0.25, -0.2) is 0 Å². The second-order valence-electron chi connectivity index (χ2n) is 5.76. The van der Waals surface area contributed by atoms with Crippen LogP contribution >= 0.6 is 0 Å². The van der Waals surface area contributed by atoms with Crippen molar-refractivity contribution in [3.63, 3.8) is 0 Å². The van der Waals surface area contributed by atoms with E-state index in [4.69, 9.17) is 5.73 Å². The predicted octanol–water partition coefficient (Wildman–Crippen LogP) is 4.60. The fourth-order valence-electron chi connectivity index (χ4n) is 3.02. The number of hydrogen-bond donors (Lipinski definition) is 2. The summed E-state index contributed by atoms with van der Waals surface area (Å²) >= 11 is 0. The van der Waals surface area contributed by atoms with Crippen molar-refractivity contribution in [1.29, 1.82) is 0 Å². The molecule has 0 aliphatic rings. The van der Waals surface area contributed by atoms with E-state index in [0.717, 1.165) is 27.7 Å². The number of nitrogens with two attached hydrogens (primary N) is 1. The Morgan fingerprint density at radius 2 is 1.46 bits per heavy atom. The Morgan fingerprint density at radius 1 is 0.750 bits per heavy atom. The lowest BCUT2D eigenvalue weighted by molar-refractivity contribution is 0.100. The molecule has 0 atom stereocenters. The van der Waals surface area contributed by atoms with Crippen molar-refractivity contribution >= 4 is 16.8 Å². The first-order chi connectivity index (χ1) is 11.7. The number of hydrogen-bond acceptors (Lipinski definition) is 1. The molecule has 3 heteroatoms. The van der Waals surface area contributed by atoms with Crippen LogP contribution in [0, 0.1) is 0 Å². The summed E-state index contributed by atoms with van der Waals surface area (Å²) in [5, 5.41) is 0.852. The lowest BCUT2D eigenvalue weighted by Gasteiger charge is -2.04. The Balaban J connectivity index is 1.84. The molecule has 1 aromatic heterocycles. The summed E-state index contributed by atoms with van der Waals surface area (Å²) in [6.45, 7) is 0. The van der Waals surface area contributed by atoms with Crippen LogP contribution in [0.3, 0.4) is 0 Å². The molecule has 0 aliphatic heterocycles. The average molecular weight is 312 g/mol. The third-order valence-corrected chi connectivity index (χ3v) is 4.21. The molecule has 3 aromatic carbocycles. The van der Waals surface area contributed by atoms with Crippen LogP contribution < -0.4 is 5.73 Å². The molecule has 0 saturated carbocycles. The SMILES string of the molecule is NC(=O)c1cccc2[nH]c(-c3cccc(-c4ccccc4)c3)cc12. The number of benzene rings is 3. The van der Waals surface area contributed by atoms with Crippen LogP contribution in [-0.4, -0.2) is 10.9 Å². The first kappa shape index (κ1) is 14.3. The number of carbonyl (C=O) groups excluding carboxylic acids is 1. The van der Waals surface area contributed by atoms with Gasteiger partial charge in [-0.05, 0) is 41.0 Å². The molecule has 4 aromatic rings. The molecule has 0 saturated heterocycles. The fourth-order valence-corrected chi connectivity index (χ4v) is 3.02. The van der Waals surface area contributed by atoms with E-state index >= 15 is 0 Å². The molecule has 3 nitrogen and oxygen atoms in total. The third kappa shape index (κ3) is 2.46. The number of aromatic nitrogens is 1. The molecule has 4 rings (SSSR count). The van der Waals surface area contributed by atoms with Gasteiger partial charge in [0, 0.05) is 22.2 Å². The minimum Gasteiger partial charge on any atom is -0.366 e. The number of fused-ring (bicyclic) bond motifs is 1. The van der Waals surface area contributed by atoms with Crippen LogP contribution in [0.25, 0.3) is 33.3 Å². The Hall–Kier alpha value is -3.33. The second-order valence-corrected chi connectivity index (χ2v) is 5.76. The number of H-pyrrole nitrogens is 1.